The van der Waals surface area contributed by atoms with Crippen LogP contribution in [0.1, 0.15) is 11.1 Å². The molecule has 0 aliphatic carbocycles. The largest absolute Gasteiger partial charge is 0.519 e. The highest BCUT2D eigenvalue weighted by molar-refractivity contribution is 8.30. The van der Waals surface area contributed by atoms with Gasteiger partial charge < -0.3 is 0 Å². The lowest BCUT2D eigenvalue weighted by Crippen LogP contribution is -2.42. The highest BCUT2D eigenvalue weighted by Crippen LogP contribution is 2.49. The first-order valence-corrected chi connectivity index (χ1v) is 10.2. The third kappa shape index (κ3) is 2.36. The van der Waals surface area contributed by atoms with Crippen molar-refractivity contribution in [3.63, 3.8) is 0 Å². The number of aliphatic imine (C=N–C) groups is 2. The summed E-state index contributed by atoms with van der Waals surface area (Å²) in [5, 5.41) is 1.76. The molecule has 2 saturated heterocycles. The number of hydrazine groups is 2. The molecule has 134 valence electrons. The summed E-state index contributed by atoms with van der Waals surface area (Å²) in [5.74, 6) is 0. The van der Waals surface area contributed by atoms with Crippen LogP contribution in [0.25, 0.3) is 0 Å². The number of hydrogen-bond acceptors (Lipinski definition) is 4. The molecule has 0 bridgehead atoms. The van der Waals surface area contributed by atoms with Gasteiger partial charge in [-0.05, 0) is 33.6 Å². The van der Waals surface area contributed by atoms with Crippen molar-refractivity contribution >= 4 is 45.3 Å². The summed E-state index contributed by atoms with van der Waals surface area (Å²) < 4.78 is 3.96. The topological polar surface area (TPSA) is 54.8 Å². The van der Waals surface area contributed by atoms with Crippen LogP contribution in [-0.4, -0.2) is 49.5 Å². The molecule has 2 fully saturated rings. The zero-order valence-electron chi connectivity index (χ0n) is 14.9. The second kappa shape index (κ2) is 6.24. The van der Waals surface area contributed by atoms with Crippen LogP contribution < -0.4 is 10.9 Å². The van der Waals surface area contributed by atoms with Crippen LogP contribution in [0.4, 0.5) is 0 Å². The van der Waals surface area contributed by atoms with Gasteiger partial charge in [-0.25, -0.2) is 0 Å². The van der Waals surface area contributed by atoms with Crippen LogP contribution >= 0.6 is 23.5 Å². The number of amidine groups is 2. The Hall–Kier alpha value is -2.58. The number of hydrogen-bond donors (Lipinski definition) is 2. The summed E-state index contributed by atoms with van der Waals surface area (Å²) in [5.41, 5.74) is 11.5. The summed E-state index contributed by atoms with van der Waals surface area (Å²) in [6.07, 6.45) is 0. The van der Waals surface area contributed by atoms with E-state index < -0.39 is 4.33 Å². The Kier molecular flexibility index (Phi) is 3.84. The van der Waals surface area contributed by atoms with E-state index in [0.29, 0.717) is 0 Å². The summed E-state index contributed by atoms with van der Waals surface area (Å²) in [4.78, 5) is 8.80. The molecule has 6 nitrogen and oxygen atoms in total. The van der Waals surface area contributed by atoms with Crippen LogP contribution in [0.3, 0.4) is 0 Å². The maximum Gasteiger partial charge on any atom is 0.519 e. The van der Waals surface area contributed by atoms with Gasteiger partial charge in [0.25, 0.3) is 0 Å². The number of hydrazone groups is 2. The highest BCUT2D eigenvalue weighted by atomic mass is 32.2. The number of thioether (sulfide) groups is 2. The predicted molar refractivity (Wildman–Crippen MR) is 113 cm³/mol. The number of nitrogens with one attached hydrogen (secondary N) is 2. The predicted octanol–water partition coefficient (Wildman–Crippen LogP) is 2.09. The van der Waals surface area contributed by atoms with Gasteiger partial charge in [0.1, 0.15) is 0 Å². The van der Waals surface area contributed by atoms with E-state index in [9.17, 15) is 0 Å². The van der Waals surface area contributed by atoms with Crippen LogP contribution in [0.5, 0.6) is 0 Å². The first-order chi connectivity index (χ1) is 13.3. The molecule has 0 aromatic heterocycles. The fraction of sp³-hybridized carbons (Fsp3) is 0.158. The van der Waals surface area contributed by atoms with Crippen molar-refractivity contribution < 1.29 is 9.37 Å². The minimum absolute atomic E-state index is 0.444. The van der Waals surface area contributed by atoms with Gasteiger partial charge in [-0.15, -0.1) is 10.9 Å². The van der Waals surface area contributed by atoms with Crippen molar-refractivity contribution in [3.05, 3.63) is 71.8 Å². The Labute approximate surface area is 165 Å². The van der Waals surface area contributed by atoms with E-state index in [-0.39, 0.29) is 0 Å². The molecular formula is C19H18N6S2+2. The zero-order valence-corrected chi connectivity index (χ0v) is 16.5. The minimum atomic E-state index is -0.444. The Balaban J connectivity index is 1.83. The van der Waals surface area contributed by atoms with E-state index in [1.165, 1.54) is 0 Å². The van der Waals surface area contributed by atoms with Crippen molar-refractivity contribution in [2.45, 2.75) is 4.33 Å². The third-order valence-corrected chi connectivity index (χ3v) is 7.31. The molecule has 1 spiro atoms. The van der Waals surface area contributed by atoms with Crippen LogP contribution in [0, 0.1) is 0 Å². The average Bonchev–Trinajstić information content (AvgIpc) is 3.34. The standard InChI is InChI=1S/C19H17N6S2/c1-20-17-22-24-15(13-9-5-3-6-10-13)16(14-11-7-4-8-12-14)25-19(24,26-17)27-18(21-2)23-25/h3-12H,1-2H3,(H,20,22)/q+1/p+1. The fourth-order valence-electron chi connectivity index (χ4n) is 3.45. The lowest BCUT2D eigenvalue weighted by Gasteiger charge is -2.01. The quantitative estimate of drug-likeness (QED) is 0.766. The second-order valence-electron chi connectivity index (χ2n) is 6.13. The van der Waals surface area contributed by atoms with Crippen molar-refractivity contribution in [2.24, 2.45) is 9.98 Å². The summed E-state index contributed by atoms with van der Waals surface area (Å²) in [6.45, 7) is 0. The molecule has 0 atom stereocenters. The van der Waals surface area contributed by atoms with Crippen LogP contribution in [0.15, 0.2) is 70.6 Å². The van der Waals surface area contributed by atoms with Crippen LogP contribution in [0.2, 0.25) is 0 Å². The van der Waals surface area contributed by atoms with Gasteiger partial charge in [0.15, 0.2) is 0 Å². The van der Waals surface area contributed by atoms with Gasteiger partial charge >= 0.3 is 15.8 Å². The Morgan fingerprint density at radius 1 is 0.704 bits per heavy atom. The second-order valence-corrected chi connectivity index (χ2v) is 8.71. The van der Waals surface area contributed by atoms with Gasteiger partial charge in [0.2, 0.25) is 10.3 Å². The van der Waals surface area contributed by atoms with Gasteiger partial charge in [-0.2, -0.15) is 0 Å². The molecule has 27 heavy (non-hydrogen) atoms. The Morgan fingerprint density at radius 2 is 1.11 bits per heavy atom. The molecule has 3 aliphatic heterocycles. The molecule has 0 saturated carbocycles. The smallest absolute Gasteiger partial charge is 0.261 e. The van der Waals surface area contributed by atoms with Crippen LogP contribution in [-0.2, 0) is 0 Å². The lowest BCUT2D eigenvalue weighted by atomic mass is 10.00. The zero-order chi connectivity index (χ0) is 18.4. The maximum atomic E-state index is 4.40. The molecule has 2 aromatic rings. The molecule has 5 rings (SSSR count). The van der Waals surface area contributed by atoms with E-state index in [0.717, 1.165) is 32.9 Å². The van der Waals surface area contributed by atoms with Gasteiger partial charge in [-0.3, -0.25) is 9.98 Å². The SMILES string of the molecule is CN=C1N[N+]2=C(c3ccccc3)C(c3ccccc3)=[N+]3NC(=NC)SC23S1. The van der Waals surface area contributed by atoms with E-state index >= 15 is 0 Å². The first kappa shape index (κ1) is 16.6. The molecule has 2 N–H and O–H groups in total. The number of benzene rings is 2. The molecule has 0 unspecified atom stereocenters. The van der Waals surface area contributed by atoms with E-state index in [4.69, 9.17) is 0 Å². The van der Waals surface area contributed by atoms with E-state index in [1.54, 1.807) is 23.5 Å². The fourth-order valence-corrected chi connectivity index (χ4v) is 5.97. The van der Waals surface area contributed by atoms with Crippen molar-refractivity contribution in [1.82, 2.24) is 10.9 Å². The Morgan fingerprint density at radius 3 is 1.48 bits per heavy atom. The van der Waals surface area contributed by atoms with Gasteiger partial charge in [0.05, 0.1) is 34.7 Å². The van der Waals surface area contributed by atoms with Crippen molar-refractivity contribution in [3.8, 4) is 0 Å². The number of nitrogens with zero attached hydrogens (tertiary/aromatic N) is 4. The van der Waals surface area contributed by atoms with E-state index in [2.05, 4.69) is 78.7 Å². The number of rotatable bonds is 2. The molecule has 0 amide bonds. The Bertz CT molecular complexity index is 955. The minimum Gasteiger partial charge on any atom is -0.261 e. The van der Waals surface area contributed by atoms with Crippen molar-refractivity contribution in [1.29, 1.82) is 0 Å². The van der Waals surface area contributed by atoms with Gasteiger partial charge in [-0.1, -0.05) is 36.4 Å². The lowest BCUT2D eigenvalue weighted by molar-refractivity contribution is -0.779. The highest BCUT2D eigenvalue weighted by Gasteiger charge is 2.75. The summed E-state index contributed by atoms with van der Waals surface area (Å²) >= 11 is 3.37. The molecular weight excluding hydrogens is 376 g/mol. The molecule has 8 heteroatoms. The first-order valence-electron chi connectivity index (χ1n) is 8.57. The normalized spacial score (nSPS) is 26.4. The summed E-state index contributed by atoms with van der Waals surface area (Å²) in [6, 6.07) is 20.9. The molecule has 0 radical (unpaired) electrons. The average molecular weight is 395 g/mol. The molecule has 3 aliphatic rings. The molecule has 3 heterocycles. The maximum absolute atomic E-state index is 4.40. The summed E-state index contributed by atoms with van der Waals surface area (Å²) in [7, 11) is 3.62. The van der Waals surface area contributed by atoms with E-state index in [1.807, 2.05) is 26.2 Å². The van der Waals surface area contributed by atoms with Gasteiger partial charge in [0, 0.05) is 14.1 Å². The third-order valence-electron chi connectivity index (χ3n) is 4.61. The monoisotopic (exact) mass is 394 g/mol. The molecule has 2 aromatic carbocycles. The van der Waals surface area contributed by atoms with Crippen molar-refractivity contribution in [2.75, 3.05) is 14.1 Å².